The maximum absolute atomic E-state index is 6.50. The molecule has 2 aromatic rings. The maximum atomic E-state index is 6.50. The van der Waals surface area contributed by atoms with Crippen LogP contribution >= 0.6 is 11.6 Å². The number of benzene rings is 1. The second kappa shape index (κ2) is 6.20. The molecule has 0 radical (unpaired) electrons. The number of pyridine rings is 1. The molecular formula is C17H22ClN3. The number of fused-ring (bicyclic) bond motifs is 1. The van der Waals surface area contributed by atoms with E-state index in [1.54, 1.807) is 0 Å². The highest BCUT2D eigenvalue weighted by atomic mass is 35.5. The predicted octanol–water partition coefficient (Wildman–Crippen LogP) is 4.09. The third kappa shape index (κ3) is 3.14. The van der Waals surface area contributed by atoms with Gasteiger partial charge in [-0.2, -0.15) is 0 Å². The van der Waals surface area contributed by atoms with E-state index in [1.165, 1.54) is 19.4 Å². The molecular weight excluding hydrogens is 282 g/mol. The Morgan fingerprint density at radius 3 is 3.05 bits per heavy atom. The molecule has 1 aromatic heterocycles. The summed E-state index contributed by atoms with van der Waals surface area (Å²) in [5, 5.41) is 5.60. The number of halogens is 1. The zero-order valence-electron chi connectivity index (χ0n) is 12.7. The van der Waals surface area contributed by atoms with E-state index in [0.29, 0.717) is 6.04 Å². The fourth-order valence-electron chi connectivity index (χ4n) is 3.12. The highest BCUT2D eigenvalue weighted by molar-refractivity contribution is 6.35. The Labute approximate surface area is 131 Å². The number of nitrogens with zero attached hydrogens (tertiary/aromatic N) is 2. The molecule has 3 nitrogen and oxygen atoms in total. The van der Waals surface area contributed by atoms with E-state index in [9.17, 15) is 0 Å². The number of rotatable bonds is 2. The van der Waals surface area contributed by atoms with Gasteiger partial charge < -0.3 is 10.2 Å². The van der Waals surface area contributed by atoms with Crippen LogP contribution in [0.1, 0.15) is 24.8 Å². The summed E-state index contributed by atoms with van der Waals surface area (Å²) in [4.78, 5) is 6.90. The van der Waals surface area contributed by atoms with Crippen molar-refractivity contribution in [1.82, 2.24) is 9.88 Å². The van der Waals surface area contributed by atoms with Crippen LogP contribution in [0.15, 0.2) is 24.4 Å². The van der Waals surface area contributed by atoms with Gasteiger partial charge in [0.25, 0.3) is 0 Å². The highest BCUT2D eigenvalue weighted by Gasteiger charge is 2.17. The summed E-state index contributed by atoms with van der Waals surface area (Å²) in [5.74, 6) is 0. The second-order valence-corrected chi connectivity index (χ2v) is 6.43. The maximum Gasteiger partial charge on any atom is 0.0752 e. The molecule has 1 aliphatic rings. The molecule has 1 saturated heterocycles. The Hall–Kier alpha value is -1.32. The molecule has 2 heterocycles. The van der Waals surface area contributed by atoms with Crippen LogP contribution in [0.5, 0.6) is 0 Å². The molecule has 1 fully saturated rings. The molecule has 0 aliphatic carbocycles. The van der Waals surface area contributed by atoms with E-state index in [1.807, 2.05) is 18.3 Å². The van der Waals surface area contributed by atoms with E-state index in [-0.39, 0.29) is 0 Å². The Bertz CT molecular complexity index is 641. The minimum absolute atomic E-state index is 0.485. The van der Waals surface area contributed by atoms with Gasteiger partial charge in [-0.05, 0) is 70.1 Å². The number of hydrogen-bond acceptors (Lipinski definition) is 3. The van der Waals surface area contributed by atoms with Crippen LogP contribution in [0.25, 0.3) is 10.9 Å². The lowest BCUT2D eigenvalue weighted by Gasteiger charge is -2.21. The first-order valence-corrected chi connectivity index (χ1v) is 8.02. The summed E-state index contributed by atoms with van der Waals surface area (Å²) in [7, 11) is 2.19. The van der Waals surface area contributed by atoms with E-state index >= 15 is 0 Å². The lowest BCUT2D eigenvalue weighted by Crippen LogP contribution is -2.23. The number of aryl methyl sites for hydroxylation is 1. The smallest absolute Gasteiger partial charge is 0.0752 e. The molecule has 1 N–H and O–H groups in total. The van der Waals surface area contributed by atoms with Crippen LogP contribution in [0.2, 0.25) is 5.02 Å². The topological polar surface area (TPSA) is 28.2 Å². The van der Waals surface area contributed by atoms with Gasteiger partial charge >= 0.3 is 0 Å². The molecule has 1 atom stereocenters. The minimum atomic E-state index is 0.485. The molecule has 0 spiro atoms. The van der Waals surface area contributed by atoms with Gasteiger partial charge in [-0.15, -0.1) is 0 Å². The van der Waals surface area contributed by atoms with Crippen LogP contribution in [-0.2, 0) is 0 Å². The van der Waals surface area contributed by atoms with Gasteiger partial charge in [-0.1, -0.05) is 11.6 Å². The zero-order valence-corrected chi connectivity index (χ0v) is 13.5. The first kappa shape index (κ1) is 14.6. The van der Waals surface area contributed by atoms with E-state index < -0.39 is 0 Å². The monoisotopic (exact) mass is 303 g/mol. The van der Waals surface area contributed by atoms with Crippen molar-refractivity contribution < 1.29 is 0 Å². The average molecular weight is 304 g/mol. The summed E-state index contributed by atoms with van der Waals surface area (Å²) >= 11 is 6.50. The number of nitrogens with one attached hydrogen (secondary N) is 1. The van der Waals surface area contributed by atoms with Crippen LogP contribution in [-0.4, -0.2) is 36.1 Å². The average Bonchev–Trinajstić information content (AvgIpc) is 2.68. The van der Waals surface area contributed by atoms with Crippen molar-refractivity contribution in [2.45, 2.75) is 32.2 Å². The highest BCUT2D eigenvalue weighted by Crippen LogP contribution is 2.34. The first-order valence-electron chi connectivity index (χ1n) is 7.64. The van der Waals surface area contributed by atoms with Crippen LogP contribution in [0, 0.1) is 6.92 Å². The standard InChI is InChI=1S/C17H22ClN3/c1-12-11-15(18)17(14-6-3-8-19-16(12)14)20-13-5-4-9-21(2)10-7-13/h3,6,8,11,13,20H,4-5,7,9-10H2,1-2H3. The summed E-state index contributed by atoms with van der Waals surface area (Å²) in [6, 6.07) is 6.58. The molecule has 21 heavy (non-hydrogen) atoms. The number of hydrogen-bond donors (Lipinski definition) is 1. The van der Waals surface area contributed by atoms with Gasteiger partial charge in [-0.25, -0.2) is 0 Å². The molecule has 1 unspecified atom stereocenters. The molecule has 0 amide bonds. The molecule has 1 aromatic carbocycles. The van der Waals surface area contributed by atoms with Gasteiger partial charge in [0.2, 0.25) is 0 Å². The van der Waals surface area contributed by atoms with Gasteiger partial charge in [0.05, 0.1) is 16.2 Å². The zero-order chi connectivity index (χ0) is 14.8. The Balaban J connectivity index is 1.93. The number of anilines is 1. The largest absolute Gasteiger partial charge is 0.381 e. The molecule has 4 heteroatoms. The lowest BCUT2D eigenvalue weighted by molar-refractivity contribution is 0.348. The normalized spacial score (nSPS) is 20.4. The van der Waals surface area contributed by atoms with Crippen LogP contribution in [0.4, 0.5) is 5.69 Å². The van der Waals surface area contributed by atoms with Gasteiger partial charge in [0, 0.05) is 17.6 Å². The van der Waals surface area contributed by atoms with E-state index in [2.05, 4.69) is 35.2 Å². The fourth-order valence-corrected chi connectivity index (χ4v) is 3.44. The molecule has 0 bridgehead atoms. The summed E-state index contributed by atoms with van der Waals surface area (Å²) in [6.07, 6.45) is 5.42. The molecule has 1 aliphatic heterocycles. The third-order valence-electron chi connectivity index (χ3n) is 4.33. The van der Waals surface area contributed by atoms with Crippen molar-refractivity contribution in [2.75, 3.05) is 25.5 Å². The fraction of sp³-hybridized carbons (Fsp3) is 0.471. The van der Waals surface area contributed by atoms with Gasteiger partial charge in [0.15, 0.2) is 0 Å². The molecule has 112 valence electrons. The van der Waals surface area contributed by atoms with Crippen LogP contribution in [0.3, 0.4) is 0 Å². The van der Waals surface area contributed by atoms with Gasteiger partial charge in [0.1, 0.15) is 0 Å². The Kier molecular flexibility index (Phi) is 4.32. The van der Waals surface area contributed by atoms with Crippen molar-refractivity contribution in [1.29, 1.82) is 0 Å². The Morgan fingerprint density at radius 1 is 1.33 bits per heavy atom. The lowest BCUT2D eigenvalue weighted by atomic mass is 10.1. The van der Waals surface area contributed by atoms with E-state index in [4.69, 9.17) is 11.6 Å². The third-order valence-corrected chi connectivity index (χ3v) is 4.63. The first-order chi connectivity index (χ1) is 10.1. The van der Waals surface area contributed by atoms with Crippen molar-refractivity contribution in [3.8, 4) is 0 Å². The summed E-state index contributed by atoms with van der Waals surface area (Å²) in [5.41, 5.74) is 3.21. The Morgan fingerprint density at radius 2 is 2.19 bits per heavy atom. The quantitative estimate of drug-likeness (QED) is 0.905. The number of likely N-dealkylation sites (tertiary alicyclic amines) is 1. The summed E-state index contributed by atoms with van der Waals surface area (Å²) < 4.78 is 0. The molecule has 3 rings (SSSR count). The summed E-state index contributed by atoms with van der Waals surface area (Å²) in [6.45, 7) is 4.38. The van der Waals surface area contributed by atoms with Crippen molar-refractivity contribution in [2.24, 2.45) is 0 Å². The van der Waals surface area contributed by atoms with Crippen molar-refractivity contribution in [3.63, 3.8) is 0 Å². The van der Waals surface area contributed by atoms with Crippen molar-refractivity contribution in [3.05, 3.63) is 35.0 Å². The van der Waals surface area contributed by atoms with E-state index in [0.717, 1.165) is 40.1 Å². The van der Waals surface area contributed by atoms with Gasteiger partial charge in [-0.3, -0.25) is 4.98 Å². The van der Waals surface area contributed by atoms with Crippen molar-refractivity contribution >= 4 is 28.2 Å². The van der Waals surface area contributed by atoms with Crippen LogP contribution < -0.4 is 5.32 Å². The SMILES string of the molecule is Cc1cc(Cl)c(NC2CCCN(C)CC2)c2cccnc12. The predicted molar refractivity (Wildman–Crippen MR) is 90.2 cm³/mol. The number of aromatic nitrogens is 1. The second-order valence-electron chi connectivity index (χ2n) is 6.03. The minimum Gasteiger partial charge on any atom is -0.381 e. The molecule has 0 saturated carbocycles.